The van der Waals surface area contributed by atoms with Crippen molar-refractivity contribution in [1.82, 2.24) is 9.47 Å². The van der Waals surface area contributed by atoms with Gasteiger partial charge in [0.15, 0.2) is 5.58 Å². The maximum Gasteiger partial charge on any atom is 0.419 e. The summed E-state index contributed by atoms with van der Waals surface area (Å²) in [6.07, 6.45) is 1.05. The van der Waals surface area contributed by atoms with Gasteiger partial charge in [0.25, 0.3) is 0 Å². The second-order valence-corrected chi connectivity index (χ2v) is 6.55. The van der Waals surface area contributed by atoms with Crippen molar-refractivity contribution in [1.29, 1.82) is 0 Å². The molecule has 0 radical (unpaired) electrons. The number of rotatable bonds is 2. The number of nitrogens with zero attached hydrogens (tertiary/aromatic N) is 2. The molecule has 4 nitrogen and oxygen atoms in total. The number of aromatic nitrogens is 1. The average Bonchev–Trinajstić information content (AvgIpc) is 3.05. The summed E-state index contributed by atoms with van der Waals surface area (Å²) in [6, 6.07) is 15.1. The third kappa shape index (κ3) is 2.13. The summed E-state index contributed by atoms with van der Waals surface area (Å²) in [5.41, 5.74) is 5.45. The van der Waals surface area contributed by atoms with Crippen LogP contribution < -0.4 is 5.76 Å². The van der Waals surface area contributed by atoms with E-state index in [2.05, 4.69) is 55.4 Å². The van der Waals surface area contributed by atoms with Crippen LogP contribution in [0.2, 0.25) is 0 Å². The monoisotopic (exact) mass is 308 g/mol. The fourth-order valence-electron chi connectivity index (χ4n) is 3.76. The molecule has 4 rings (SSSR count). The summed E-state index contributed by atoms with van der Waals surface area (Å²) < 4.78 is 6.97. The molecule has 23 heavy (non-hydrogen) atoms. The van der Waals surface area contributed by atoms with Gasteiger partial charge in [0.1, 0.15) is 0 Å². The van der Waals surface area contributed by atoms with E-state index in [0.717, 1.165) is 11.9 Å². The first-order chi connectivity index (χ1) is 11.1. The Labute approximate surface area is 134 Å². The molecular formula is C19H20N2O2. The Morgan fingerprint density at radius 2 is 1.87 bits per heavy atom. The molecule has 0 spiro atoms. The largest absolute Gasteiger partial charge is 0.419 e. The van der Waals surface area contributed by atoms with E-state index in [1.54, 1.807) is 11.6 Å². The Kier molecular flexibility index (Phi) is 3.16. The van der Waals surface area contributed by atoms with E-state index in [-0.39, 0.29) is 5.76 Å². The highest BCUT2D eigenvalue weighted by Crippen LogP contribution is 2.47. The molecule has 0 unspecified atom stereocenters. The highest BCUT2D eigenvalue weighted by atomic mass is 16.4. The predicted molar refractivity (Wildman–Crippen MR) is 90.8 cm³/mol. The molecule has 3 aromatic rings. The maximum absolute atomic E-state index is 11.8. The van der Waals surface area contributed by atoms with Crippen molar-refractivity contribution >= 4 is 11.1 Å². The minimum absolute atomic E-state index is 0.304. The van der Waals surface area contributed by atoms with Crippen LogP contribution in [0.4, 0.5) is 0 Å². The van der Waals surface area contributed by atoms with Gasteiger partial charge in [-0.05, 0) is 49.3 Å². The number of benzene rings is 2. The molecule has 1 heterocycles. The summed E-state index contributed by atoms with van der Waals surface area (Å²) in [6.45, 7) is 0. The van der Waals surface area contributed by atoms with Crippen LogP contribution in [0, 0.1) is 0 Å². The molecule has 0 aliphatic heterocycles. The first kappa shape index (κ1) is 14.3. The van der Waals surface area contributed by atoms with Gasteiger partial charge >= 0.3 is 5.76 Å². The van der Waals surface area contributed by atoms with Gasteiger partial charge < -0.3 is 9.32 Å². The molecule has 0 amide bonds. The third-order valence-electron chi connectivity index (χ3n) is 5.02. The van der Waals surface area contributed by atoms with E-state index in [0.29, 0.717) is 17.5 Å². The maximum atomic E-state index is 11.8. The van der Waals surface area contributed by atoms with Crippen molar-refractivity contribution in [2.75, 3.05) is 14.1 Å². The van der Waals surface area contributed by atoms with E-state index in [4.69, 9.17) is 4.42 Å². The molecule has 0 saturated heterocycles. The number of hydrogen-bond donors (Lipinski definition) is 0. The molecule has 0 bridgehead atoms. The molecule has 4 heteroatoms. The van der Waals surface area contributed by atoms with Crippen LogP contribution in [-0.4, -0.2) is 23.6 Å². The quantitative estimate of drug-likeness (QED) is 0.729. The summed E-state index contributed by atoms with van der Waals surface area (Å²) in [7, 11) is 5.97. The topological polar surface area (TPSA) is 38.4 Å². The Morgan fingerprint density at radius 1 is 1.13 bits per heavy atom. The van der Waals surface area contributed by atoms with Crippen molar-refractivity contribution in [3.05, 3.63) is 69.7 Å². The fourth-order valence-corrected chi connectivity index (χ4v) is 3.76. The lowest BCUT2D eigenvalue weighted by Gasteiger charge is -2.20. The Hall–Kier alpha value is -2.33. The lowest BCUT2D eigenvalue weighted by Crippen LogP contribution is -2.17. The van der Waals surface area contributed by atoms with E-state index in [9.17, 15) is 4.79 Å². The highest BCUT2D eigenvalue weighted by molar-refractivity contribution is 5.76. The van der Waals surface area contributed by atoms with E-state index >= 15 is 0 Å². The van der Waals surface area contributed by atoms with Crippen molar-refractivity contribution in [3.63, 3.8) is 0 Å². The van der Waals surface area contributed by atoms with Crippen molar-refractivity contribution in [3.8, 4) is 0 Å². The van der Waals surface area contributed by atoms with Gasteiger partial charge in [0.05, 0.1) is 5.52 Å². The predicted octanol–water partition coefficient (Wildman–Crippen LogP) is 3.27. The second kappa shape index (κ2) is 5.10. The second-order valence-electron chi connectivity index (χ2n) is 6.55. The zero-order chi connectivity index (χ0) is 16.1. The van der Waals surface area contributed by atoms with Gasteiger partial charge in [-0.15, -0.1) is 0 Å². The van der Waals surface area contributed by atoms with Gasteiger partial charge in [-0.3, -0.25) is 4.57 Å². The molecule has 1 aromatic heterocycles. The Bertz CT molecular complexity index is 922. The molecular weight excluding hydrogens is 288 g/mol. The van der Waals surface area contributed by atoms with E-state index < -0.39 is 0 Å². The van der Waals surface area contributed by atoms with Crippen LogP contribution in [0.5, 0.6) is 0 Å². The standard InChI is InChI=1S/C19H20N2O2/c1-20(2)16-9-13(12-7-5-4-6-8-12)14-10-17-18(11-15(14)16)23-19(22)21(17)3/h4-8,10-11,13,16H,9H2,1-3H3/t13-,16-/m1/s1. The zero-order valence-corrected chi connectivity index (χ0v) is 13.6. The third-order valence-corrected chi connectivity index (χ3v) is 5.02. The zero-order valence-electron chi connectivity index (χ0n) is 13.6. The van der Waals surface area contributed by atoms with Crippen LogP contribution in [0.1, 0.15) is 35.1 Å². The minimum Gasteiger partial charge on any atom is -0.408 e. The number of oxazole rings is 1. The number of fused-ring (bicyclic) bond motifs is 2. The molecule has 1 aliphatic carbocycles. The van der Waals surface area contributed by atoms with Crippen LogP contribution in [0.25, 0.3) is 11.1 Å². The Balaban J connectivity index is 1.96. The highest BCUT2D eigenvalue weighted by Gasteiger charge is 2.34. The minimum atomic E-state index is -0.304. The van der Waals surface area contributed by atoms with Crippen LogP contribution in [0.15, 0.2) is 51.7 Å². The van der Waals surface area contributed by atoms with Crippen LogP contribution in [0.3, 0.4) is 0 Å². The molecule has 2 aromatic carbocycles. The van der Waals surface area contributed by atoms with Crippen molar-refractivity contribution < 1.29 is 4.42 Å². The normalized spacial score (nSPS) is 20.3. The van der Waals surface area contributed by atoms with Crippen molar-refractivity contribution in [2.24, 2.45) is 7.05 Å². The molecule has 0 N–H and O–H groups in total. The molecule has 1 aliphatic rings. The molecule has 0 fully saturated rings. The van der Waals surface area contributed by atoms with Crippen molar-refractivity contribution in [2.45, 2.75) is 18.4 Å². The summed E-state index contributed by atoms with van der Waals surface area (Å²) in [5, 5.41) is 0. The van der Waals surface area contributed by atoms with Gasteiger partial charge in [-0.1, -0.05) is 30.3 Å². The smallest absolute Gasteiger partial charge is 0.408 e. The molecule has 2 atom stereocenters. The summed E-state index contributed by atoms with van der Waals surface area (Å²) in [5.74, 6) is 0.0503. The SMILES string of the molecule is CN(C)[C@@H]1C[C@H](c2ccccc2)c2cc3c(cc21)oc(=O)n3C. The molecule has 118 valence electrons. The van der Waals surface area contributed by atoms with Crippen LogP contribution in [-0.2, 0) is 7.05 Å². The summed E-state index contributed by atoms with van der Waals surface area (Å²) >= 11 is 0. The van der Waals surface area contributed by atoms with Crippen LogP contribution >= 0.6 is 0 Å². The van der Waals surface area contributed by atoms with E-state index in [1.165, 1.54) is 16.7 Å². The molecule has 0 saturated carbocycles. The lowest BCUT2D eigenvalue weighted by molar-refractivity contribution is 0.293. The van der Waals surface area contributed by atoms with Gasteiger partial charge in [0, 0.05) is 19.0 Å². The fraction of sp³-hybridized carbons (Fsp3) is 0.316. The summed E-state index contributed by atoms with van der Waals surface area (Å²) in [4.78, 5) is 14.1. The lowest BCUT2D eigenvalue weighted by atomic mass is 9.93. The number of aryl methyl sites for hydroxylation is 1. The van der Waals surface area contributed by atoms with E-state index in [1.807, 2.05) is 6.07 Å². The Morgan fingerprint density at radius 3 is 2.57 bits per heavy atom. The van der Waals surface area contributed by atoms with Gasteiger partial charge in [0.2, 0.25) is 0 Å². The number of hydrogen-bond acceptors (Lipinski definition) is 3. The average molecular weight is 308 g/mol. The van der Waals surface area contributed by atoms with Gasteiger partial charge in [-0.2, -0.15) is 0 Å². The first-order valence-electron chi connectivity index (χ1n) is 7.91. The first-order valence-corrected chi connectivity index (χ1v) is 7.91. The van der Waals surface area contributed by atoms with Gasteiger partial charge in [-0.25, -0.2) is 4.79 Å².